The average Bonchev–Trinajstić information content (AvgIpc) is 2.55. The summed E-state index contributed by atoms with van der Waals surface area (Å²) in [6.45, 7) is 3.75. The van der Waals surface area contributed by atoms with Crippen LogP contribution >= 0.6 is 0 Å². The minimum absolute atomic E-state index is 0.105. The van der Waals surface area contributed by atoms with E-state index in [9.17, 15) is 9.90 Å². The van der Waals surface area contributed by atoms with Gasteiger partial charge in [0.15, 0.2) is 0 Å². The normalized spacial score (nSPS) is 11.8. The van der Waals surface area contributed by atoms with Crippen LogP contribution in [0.5, 0.6) is 5.75 Å². The average molecular weight is 314 g/mol. The third-order valence-electron chi connectivity index (χ3n) is 3.17. The maximum absolute atomic E-state index is 12.1. The molecule has 0 aliphatic rings. The van der Waals surface area contributed by atoms with Gasteiger partial charge in [0.2, 0.25) is 0 Å². The van der Waals surface area contributed by atoms with Crippen molar-refractivity contribution in [2.24, 2.45) is 0 Å². The molecule has 5 nitrogen and oxygen atoms in total. The molecule has 0 spiro atoms. The smallest absolute Gasteiger partial charge is 0.319 e. The first-order valence-electron chi connectivity index (χ1n) is 7.58. The summed E-state index contributed by atoms with van der Waals surface area (Å²) in [6, 6.07) is 15.7. The van der Waals surface area contributed by atoms with Gasteiger partial charge >= 0.3 is 6.03 Å². The van der Waals surface area contributed by atoms with Crippen LogP contribution in [-0.4, -0.2) is 23.8 Å². The van der Waals surface area contributed by atoms with E-state index in [1.165, 1.54) is 0 Å². The SMILES string of the molecule is CC(C)Oc1ccc(NC(=O)NC(CO)c2ccccc2)cc1. The fraction of sp³-hybridized carbons (Fsp3) is 0.278. The van der Waals surface area contributed by atoms with E-state index in [4.69, 9.17) is 4.74 Å². The minimum atomic E-state index is -0.445. The Morgan fingerprint density at radius 2 is 1.74 bits per heavy atom. The van der Waals surface area contributed by atoms with Gasteiger partial charge in [0, 0.05) is 5.69 Å². The van der Waals surface area contributed by atoms with E-state index in [2.05, 4.69) is 10.6 Å². The summed E-state index contributed by atoms with van der Waals surface area (Å²) in [6.07, 6.45) is 0.105. The zero-order chi connectivity index (χ0) is 16.7. The molecule has 2 aromatic rings. The molecule has 2 rings (SSSR count). The summed E-state index contributed by atoms with van der Waals surface area (Å²) in [5, 5.41) is 14.9. The molecule has 0 aliphatic carbocycles. The Hall–Kier alpha value is -2.53. The first-order chi connectivity index (χ1) is 11.1. The monoisotopic (exact) mass is 314 g/mol. The molecule has 1 unspecified atom stereocenters. The van der Waals surface area contributed by atoms with Gasteiger partial charge in [-0.25, -0.2) is 4.79 Å². The molecule has 5 heteroatoms. The lowest BCUT2D eigenvalue weighted by Crippen LogP contribution is -2.34. The molecule has 23 heavy (non-hydrogen) atoms. The predicted octanol–water partition coefficient (Wildman–Crippen LogP) is 3.33. The molecular weight excluding hydrogens is 292 g/mol. The van der Waals surface area contributed by atoms with E-state index in [1.54, 1.807) is 24.3 Å². The van der Waals surface area contributed by atoms with Gasteiger partial charge < -0.3 is 20.5 Å². The van der Waals surface area contributed by atoms with Gasteiger partial charge in [0.1, 0.15) is 5.75 Å². The third-order valence-corrected chi connectivity index (χ3v) is 3.17. The van der Waals surface area contributed by atoms with Gasteiger partial charge in [-0.2, -0.15) is 0 Å². The van der Waals surface area contributed by atoms with Crippen molar-refractivity contribution in [3.05, 3.63) is 60.2 Å². The van der Waals surface area contributed by atoms with Crippen LogP contribution in [0.4, 0.5) is 10.5 Å². The number of nitrogens with one attached hydrogen (secondary N) is 2. The van der Waals surface area contributed by atoms with Crippen LogP contribution < -0.4 is 15.4 Å². The molecule has 0 fully saturated rings. The van der Waals surface area contributed by atoms with Crippen LogP contribution in [0.15, 0.2) is 54.6 Å². The lowest BCUT2D eigenvalue weighted by molar-refractivity contribution is 0.225. The summed E-state index contributed by atoms with van der Waals surface area (Å²) in [4.78, 5) is 12.1. The van der Waals surface area contributed by atoms with E-state index in [0.29, 0.717) is 5.69 Å². The van der Waals surface area contributed by atoms with Gasteiger partial charge in [-0.05, 0) is 43.7 Å². The van der Waals surface area contributed by atoms with E-state index in [1.807, 2.05) is 44.2 Å². The number of amides is 2. The molecule has 0 heterocycles. The topological polar surface area (TPSA) is 70.6 Å². The van der Waals surface area contributed by atoms with Crippen molar-refractivity contribution in [3.63, 3.8) is 0 Å². The van der Waals surface area contributed by atoms with E-state index < -0.39 is 6.04 Å². The molecule has 1 atom stereocenters. The second-order valence-electron chi connectivity index (χ2n) is 5.44. The highest BCUT2D eigenvalue weighted by atomic mass is 16.5. The third kappa shape index (κ3) is 5.30. The van der Waals surface area contributed by atoms with Crippen LogP contribution in [0.1, 0.15) is 25.5 Å². The second kappa shape index (κ2) is 8.19. The van der Waals surface area contributed by atoms with Gasteiger partial charge in [0.25, 0.3) is 0 Å². The molecule has 0 bridgehead atoms. The number of anilines is 1. The maximum atomic E-state index is 12.1. The zero-order valence-electron chi connectivity index (χ0n) is 13.3. The summed E-state index contributed by atoms with van der Waals surface area (Å²) < 4.78 is 5.55. The molecule has 0 saturated carbocycles. The van der Waals surface area contributed by atoms with Crippen molar-refractivity contribution in [1.82, 2.24) is 5.32 Å². The highest BCUT2D eigenvalue weighted by molar-refractivity contribution is 5.89. The Bertz CT molecular complexity index is 612. The Labute approximate surface area is 136 Å². The number of rotatable bonds is 6. The van der Waals surface area contributed by atoms with E-state index in [-0.39, 0.29) is 18.7 Å². The fourth-order valence-electron chi connectivity index (χ4n) is 2.13. The van der Waals surface area contributed by atoms with Crippen LogP contribution in [0.3, 0.4) is 0 Å². The largest absolute Gasteiger partial charge is 0.491 e. The summed E-state index contributed by atoms with van der Waals surface area (Å²) in [5.41, 5.74) is 1.51. The van der Waals surface area contributed by atoms with Gasteiger partial charge in [-0.15, -0.1) is 0 Å². The highest BCUT2D eigenvalue weighted by Gasteiger charge is 2.13. The van der Waals surface area contributed by atoms with Crippen molar-refractivity contribution < 1.29 is 14.6 Å². The summed E-state index contributed by atoms with van der Waals surface area (Å²) in [7, 11) is 0. The van der Waals surface area contributed by atoms with Crippen molar-refractivity contribution >= 4 is 11.7 Å². The van der Waals surface area contributed by atoms with Crippen LogP contribution in [-0.2, 0) is 0 Å². The zero-order valence-corrected chi connectivity index (χ0v) is 13.3. The Morgan fingerprint density at radius 1 is 1.09 bits per heavy atom. The molecular formula is C18H22N2O3. The summed E-state index contributed by atoms with van der Waals surface area (Å²) >= 11 is 0. The lowest BCUT2D eigenvalue weighted by Gasteiger charge is -2.17. The molecule has 0 radical (unpaired) electrons. The molecule has 122 valence electrons. The molecule has 0 saturated heterocycles. The minimum Gasteiger partial charge on any atom is -0.491 e. The molecule has 2 amide bonds. The second-order valence-corrected chi connectivity index (χ2v) is 5.44. The number of urea groups is 1. The molecule has 3 N–H and O–H groups in total. The van der Waals surface area contributed by atoms with E-state index >= 15 is 0 Å². The number of aliphatic hydroxyl groups is 1. The van der Waals surface area contributed by atoms with Crippen LogP contribution in [0, 0.1) is 0 Å². The number of benzene rings is 2. The number of aliphatic hydroxyl groups excluding tert-OH is 1. The van der Waals surface area contributed by atoms with Crippen molar-refractivity contribution in [1.29, 1.82) is 0 Å². The maximum Gasteiger partial charge on any atom is 0.319 e. The molecule has 0 aliphatic heterocycles. The van der Waals surface area contributed by atoms with Crippen molar-refractivity contribution in [3.8, 4) is 5.75 Å². The van der Waals surface area contributed by atoms with Gasteiger partial charge in [-0.1, -0.05) is 30.3 Å². The highest BCUT2D eigenvalue weighted by Crippen LogP contribution is 2.17. The van der Waals surface area contributed by atoms with Crippen LogP contribution in [0.25, 0.3) is 0 Å². The summed E-state index contributed by atoms with van der Waals surface area (Å²) in [5.74, 6) is 0.753. The standard InChI is InChI=1S/C18H22N2O3/c1-13(2)23-16-10-8-15(9-11-16)19-18(22)20-17(12-21)14-6-4-3-5-7-14/h3-11,13,17,21H,12H2,1-2H3,(H2,19,20,22). The lowest BCUT2D eigenvalue weighted by atomic mass is 10.1. The fourth-order valence-corrected chi connectivity index (χ4v) is 2.13. The number of carbonyl (C=O) groups excluding carboxylic acids is 1. The number of ether oxygens (including phenoxy) is 1. The first kappa shape index (κ1) is 16.8. The Balaban J connectivity index is 1.93. The predicted molar refractivity (Wildman–Crippen MR) is 90.6 cm³/mol. The Kier molecular flexibility index (Phi) is 6.00. The molecule has 2 aromatic carbocycles. The number of carbonyl (C=O) groups is 1. The quantitative estimate of drug-likeness (QED) is 0.766. The van der Waals surface area contributed by atoms with Gasteiger partial charge in [-0.3, -0.25) is 0 Å². The number of hydrogen-bond acceptors (Lipinski definition) is 3. The van der Waals surface area contributed by atoms with Crippen molar-refractivity contribution in [2.75, 3.05) is 11.9 Å². The Morgan fingerprint density at radius 3 is 2.30 bits per heavy atom. The van der Waals surface area contributed by atoms with E-state index in [0.717, 1.165) is 11.3 Å². The van der Waals surface area contributed by atoms with Gasteiger partial charge in [0.05, 0.1) is 18.8 Å². The number of hydrogen-bond donors (Lipinski definition) is 3. The molecule has 0 aromatic heterocycles. The van der Waals surface area contributed by atoms with Crippen LogP contribution in [0.2, 0.25) is 0 Å². The first-order valence-corrected chi connectivity index (χ1v) is 7.58. The van der Waals surface area contributed by atoms with Crippen molar-refractivity contribution in [2.45, 2.75) is 26.0 Å².